The van der Waals surface area contributed by atoms with Gasteiger partial charge in [-0.05, 0) is 6.42 Å². The number of rotatable bonds is 1. The van der Waals surface area contributed by atoms with E-state index in [-0.39, 0.29) is 6.67 Å². The third-order valence-electron chi connectivity index (χ3n) is 2.01. The maximum atomic E-state index is 10.7. The Morgan fingerprint density at radius 1 is 0.688 bits per heavy atom. The van der Waals surface area contributed by atoms with Gasteiger partial charge in [-0.2, -0.15) is 0 Å². The predicted molar refractivity (Wildman–Crippen MR) is 74.1 cm³/mol. The van der Waals surface area contributed by atoms with Gasteiger partial charge in [0.05, 0.1) is 38.9 Å². The van der Waals surface area contributed by atoms with Gasteiger partial charge < -0.3 is 0 Å². The number of halogens is 7. The average Bonchev–Trinajstić information content (AvgIpc) is 2.31. The number of alkyl halides is 7. The minimum absolute atomic E-state index is 0.181. The van der Waals surface area contributed by atoms with Gasteiger partial charge in [-0.15, -0.1) is 69.6 Å². The van der Waals surface area contributed by atoms with Gasteiger partial charge in [0.2, 0.25) is 0 Å². The highest BCUT2D eigenvalue weighted by Gasteiger charge is 2.46. The second-order valence-corrected chi connectivity index (χ2v) is 6.38. The summed E-state index contributed by atoms with van der Waals surface area (Å²) in [7, 11) is 0. The third-order valence-corrected chi connectivity index (χ3v) is 6.05. The zero-order valence-corrected chi connectivity index (χ0v) is 13.1. The standard InChI is InChI=1S/C6H6Cl6.C3H7F/c7-1-2(8)4(10)6(12)5(11)3(1)9;1-2-3-4/h1-6H;2-3H2,1H3/t1-,2-,3-,4+,5+,6+;. The molecule has 0 radical (unpaired) electrons. The highest BCUT2D eigenvalue weighted by atomic mass is 35.5. The Bertz CT molecular complexity index is 132. The molecule has 7 heteroatoms. The van der Waals surface area contributed by atoms with Crippen LogP contribution >= 0.6 is 69.6 Å². The van der Waals surface area contributed by atoms with Crippen LogP contribution in [-0.4, -0.2) is 38.9 Å². The first-order chi connectivity index (χ1) is 7.38. The van der Waals surface area contributed by atoms with Gasteiger partial charge in [-0.1, -0.05) is 6.92 Å². The van der Waals surface area contributed by atoms with E-state index in [0.29, 0.717) is 6.42 Å². The van der Waals surface area contributed by atoms with E-state index in [9.17, 15) is 4.39 Å². The fourth-order valence-corrected chi connectivity index (χ4v) is 3.38. The van der Waals surface area contributed by atoms with Gasteiger partial charge in [-0.3, -0.25) is 4.39 Å². The molecule has 0 heterocycles. The summed E-state index contributed by atoms with van der Waals surface area (Å²) in [4.78, 5) is 0. The molecule has 1 rings (SSSR count). The molecule has 0 atom stereocenters. The van der Waals surface area contributed by atoms with Crippen LogP contribution in [-0.2, 0) is 0 Å². The van der Waals surface area contributed by atoms with E-state index >= 15 is 0 Å². The third kappa shape index (κ3) is 4.74. The molecule has 0 saturated heterocycles. The minimum Gasteiger partial charge on any atom is -0.251 e. The van der Waals surface area contributed by atoms with Gasteiger partial charge in [0.15, 0.2) is 0 Å². The molecular weight excluding hydrogens is 340 g/mol. The van der Waals surface area contributed by atoms with Gasteiger partial charge in [-0.25, -0.2) is 0 Å². The van der Waals surface area contributed by atoms with Crippen molar-refractivity contribution < 1.29 is 4.39 Å². The molecule has 1 fully saturated rings. The van der Waals surface area contributed by atoms with Crippen LogP contribution in [0.4, 0.5) is 4.39 Å². The van der Waals surface area contributed by atoms with Crippen molar-refractivity contribution in [2.24, 2.45) is 0 Å². The fraction of sp³-hybridized carbons (Fsp3) is 1.00. The van der Waals surface area contributed by atoms with E-state index in [1.165, 1.54) is 0 Å². The van der Waals surface area contributed by atoms with Crippen molar-refractivity contribution in [2.75, 3.05) is 6.67 Å². The number of hydrogen-bond donors (Lipinski definition) is 0. The molecule has 0 unspecified atom stereocenters. The number of hydrogen-bond acceptors (Lipinski definition) is 0. The highest BCUT2D eigenvalue weighted by Crippen LogP contribution is 2.39. The normalized spacial score (nSPS) is 43.5. The summed E-state index contributed by atoms with van der Waals surface area (Å²) in [5.74, 6) is 0. The van der Waals surface area contributed by atoms with Crippen molar-refractivity contribution in [3.8, 4) is 0 Å². The largest absolute Gasteiger partial charge is 0.251 e. The van der Waals surface area contributed by atoms with Crippen molar-refractivity contribution in [3.63, 3.8) is 0 Å². The average molecular weight is 353 g/mol. The SMILES string of the molecule is CCCF.Cl[C@H]1[C@H](Cl)[C@@H](Cl)[C@@H](Cl)[C@H](Cl)[C@H]1Cl. The predicted octanol–water partition coefficient (Wildman–Crippen LogP) is 5.01. The molecule has 1 aliphatic carbocycles. The van der Waals surface area contributed by atoms with Crippen molar-refractivity contribution in [1.82, 2.24) is 0 Å². The zero-order valence-electron chi connectivity index (χ0n) is 8.52. The Balaban J connectivity index is 0.000000487. The smallest absolute Gasteiger partial charge is 0.0891 e. The molecule has 0 nitrogen and oxygen atoms in total. The first-order valence-electron chi connectivity index (χ1n) is 4.78. The van der Waals surface area contributed by atoms with Crippen LogP contribution < -0.4 is 0 Å². The zero-order chi connectivity index (χ0) is 12.9. The van der Waals surface area contributed by atoms with Gasteiger partial charge >= 0.3 is 0 Å². The van der Waals surface area contributed by atoms with Gasteiger partial charge in [0.1, 0.15) is 0 Å². The van der Waals surface area contributed by atoms with E-state index in [0.717, 1.165) is 0 Å². The molecule has 0 N–H and O–H groups in total. The Morgan fingerprint density at radius 3 is 0.875 bits per heavy atom. The summed E-state index contributed by atoms with van der Waals surface area (Å²) >= 11 is 35.3. The van der Waals surface area contributed by atoms with Crippen LogP contribution in [0.15, 0.2) is 0 Å². The first kappa shape index (κ1) is 17.7. The van der Waals surface area contributed by atoms with Crippen LogP contribution in [0.5, 0.6) is 0 Å². The quantitative estimate of drug-likeness (QED) is 0.582. The van der Waals surface area contributed by atoms with Crippen LogP contribution in [0, 0.1) is 0 Å². The molecule has 0 spiro atoms. The molecular formula is C9H13Cl6F. The monoisotopic (exact) mass is 350 g/mol. The summed E-state index contributed by atoms with van der Waals surface area (Å²) in [5.41, 5.74) is 0. The molecule has 16 heavy (non-hydrogen) atoms. The Morgan fingerprint density at radius 2 is 0.812 bits per heavy atom. The molecule has 0 aliphatic heterocycles. The Labute approximate surface area is 126 Å². The van der Waals surface area contributed by atoms with Crippen molar-refractivity contribution in [2.45, 2.75) is 45.6 Å². The van der Waals surface area contributed by atoms with E-state index in [4.69, 9.17) is 69.6 Å². The summed E-state index contributed by atoms with van der Waals surface area (Å²) in [5, 5.41) is -2.62. The minimum atomic E-state index is -0.437. The van der Waals surface area contributed by atoms with Crippen LogP contribution in [0.2, 0.25) is 0 Å². The second-order valence-electron chi connectivity index (χ2n) is 3.36. The maximum Gasteiger partial charge on any atom is 0.0891 e. The topological polar surface area (TPSA) is 0 Å². The first-order valence-corrected chi connectivity index (χ1v) is 7.40. The molecule has 1 aliphatic rings. The van der Waals surface area contributed by atoms with Gasteiger partial charge in [0.25, 0.3) is 0 Å². The summed E-state index contributed by atoms with van der Waals surface area (Å²) in [6.07, 6.45) is 0.653. The molecule has 0 bridgehead atoms. The van der Waals surface area contributed by atoms with E-state index in [1.807, 2.05) is 0 Å². The molecule has 0 aromatic heterocycles. The molecule has 98 valence electrons. The highest BCUT2D eigenvalue weighted by molar-refractivity contribution is 6.45. The Hall–Kier alpha value is 1.67. The lowest BCUT2D eigenvalue weighted by atomic mass is 9.97. The molecule has 0 aromatic carbocycles. The van der Waals surface area contributed by atoms with Crippen LogP contribution in [0.1, 0.15) is 13.3 Å². The molecule has 1 saturated carbocycles. The van der Waals surface area contributed by atoms with E-state index in [2.05, 4.69) is 0 Å². The maximum absolute atomic E-state index is 10.7. The van der Waals surface area contributed by atoms with Gasteiger partial charge in [0, 0.05) is 0 Å². The van der Waals surface area contributed by atoms with Crippen LogP contribution in [0.3, 0.4) is 0 Å². The van der Waals surface area contributed by atoms with E-state index in [1.54, 1.807) is 6.92 Å². The summed E-state index contributed by atoms with van der Waals surface area (Å²) in [6, 6.07) is 0. The lowest BCUT2D eigenvalue weighted by molar-refractivity contribution is 0.487. The summed E-state index contributed by atoms with van der Waals surface area (Å²) in [6.45, 7) is 1.62. The van der Waals surface area contributed by atoms with Crippen molar-refractivity contribution in [1.29, 1.82) is 0 Å². The second kappa shape index (κ2) is 8.72. The van der Waals surface area contributed by atoms with Crippen LogP contribution in [0.25, 0.3) is 0 Å². The lowest BCUT2D eigenvalue weighted by Gasteiger charge is -2.37. The molecule has 0 amide bonds. The van der Waals surface area contributed by atoms with E-state index < -0.39 is 32.3 Å². The Kier molecular flexibility index (Phi) is 9.63. The van der Waals surface area contributed by atoms with Crippen molar-refractivity contribution in [3.05, 3.63) is 0 Å². The fourth-order valence-electron chi connectivity index (χ4n) is 1.05. The lowest BCUT2D eigenvalue weighted by Crippen LogP contribution is -2.52. The summed E-state index contributed by atoms with van der Waals surface area (Å²) < 4.78 is 10.7. The molecule has 0 aromatic rings. The van der Waals surface area contributed by atoms with Crippen molar-refractivity contribution >= 4 is 69.6 Å².